The second kappa shape index (κ2) is 2.31. The van der Waals surface area contributed by atoms with Gasteiger partial charge >= 0.3 is 5.97 Å². The summed E-state index contributed by atoms with van der Waals surface area (Å²) in [6, 6.07) is 0. The highest BCUT2D eigenvalue weighted by Gasteiger charge is 2.71. The number of rotatable bonds is 1. The van der Waals surface area contributed by atoms with E-state index in [9.17, 15) is 9.90 Å². The third-order valence-corrected chi connectivity index (χ3v) is 5.77. The van der Waals surface area contributed by atoms with Crippen LogP contribution in [0.25, 0.3) is 0 Å². The quantitative estimate of drug-likeness (QED) is 0.525. The van der Waals surface area contributed by atoms with Gasteiger partial charge in [-0.2, -0.15) is 0 Å². The van der Waals surface area contributed by atoms with Crippen molar-refractivity contribution in [2.75, 3.05) is 0 Å². The van der Waals surface area contributed by atoms with Crippen LogP contribution in [0.4, 0.5) is 0 Å². The van der Waals surface area contributed by atoms with Crippen LogP contribution in [0.3, 0.4) is 0 Å². The van der Waals surface area contributed by atoms with E-state index in [0.717, 1.165) is 12.3 Å². The molecule has 0 saturated heterocycles. The van der Waals surface area contributed by atoms with Gasteiger partial charge in [0.15, 0.2) is 0 Å². The number of aliphatic carboxylic acids is 1. The zero-order valence-corrected chi connectivity index (χ0v) is 8.73. The summed E-state index contributed by atoms with van der Waals surface area (Å²) in [5.41, 5.74) is -0.331. The maximum Gasteiger partial charge on any atom is 0.310 e. The average molecular weight is 204 g/mol. The highest BCUT2D eigenvalue weighted by molar-refractivity contribution is 5.78. The molecular weight excluding hydrogens is 188 g/mol. The molecule has 0 aliphatic heterocycles. The number of carboxylic acid groups (broad SMARTS) is 1. The summed E-state index contributed by atoms with van der Waals surface area (Å²) in [6.07, 6.45) is 9.30. The molecule has 4 aliphatic rings. The predicted molar refractivity (Wildman–Crippen MR) is 55.1 cm³/mol. The van der Waals surface area contributed by atoms with Gasteiger partial charge in [0.1, 0.15) is 0 Å². The van der Waals surface area contributed by atoms with E-state index in [1.54, 1.807) is 0 Å². The Bertz CT molecular complexity index is 373. The summed E-state index contributed by atoms with van der Waals surface area (Å²) in [4.78, 5) is 11.8. The molecule has 1 N–H and O–H groups in total. The summed E-state index contributed by atoms with van der Waals surface area (Å²) in [6.45, 7) is 0. The molecule has 2 nitrogen and oxygen atoms in total. The molecule has 4 aliphatic carbocycles. The lowest BCUT2D eigenvalue weighted by molar-refractivity contribution is -0.158. The van der Waals surface area contributed by atoms with Crippen molar-refractivity contribution in [1.82, 2.24) is 0 Å². The van der Waals surface area contributed by atoms with Crippen LogP contribution >= 0.6 is 0 Å². The van der Waals surface area contributed by atoms with E-state index >= 15 is 0 Å². The summed E-state index contributed by atoms with van der Waals surface area (Å²) in [5, 5.41) is 9.68. The van der Waals surface area contributed by atoms with Crippen LogP contribution in [0.15, 0.2) is 12.2 Å². The number of hydrogen-bond acceptors (Lipinski definition) is 1. The van der Waals surface area contributed by atoms with Gasteiger partial charge in [-0.1, -0.05) is 12.2 Å². The van der Waals surface area contributed by atoms with Crippen LogP contribution < -0.4 is 0 Å². The van der Waals surface area contributed by atoms with Gasteiger partial charge < -0.3 is 5.11 Å². The first kappa shape index (κ1) is 8.37. The molecule has 0 radical (unpaired) electrons. The second-order valence-corrected chi connectivity index (χ2v) is 5.92. The predicted octanol–water partition coefficient (Wildman–Crippen LogP) is 2.31. The maximum absolute atomic E-state index is 11.8. The molecule has 0 heterocycles. The Balaban J connectivity index is 1.92. The van der Waals surface area contributed by atoms with Crippen molar-refractivity contribution < 1.29 is 9.90 Å². The van der Waals surface area contributed by atoms with E-state index in [1.807, 2.05) is 0 Å². The minimum absolute atomic E-state index is 0.331. The lowest BCUT2D eigenvalue weighted by Gasteiger charge is -2.41. The van der Waals surface area contributed by atoms with Gasteiger partial charge in [0, 0.05) is 0 Å². The van der Waals surface area contributed by atoms with Gasteiger partial charge in [0.2, 0.25) is 0 Å². The van der Waals surface area contributed by atoms with Crippen LogP contribution in [0.1, 0.15) is 25.7 Å². The molecule has 6 atom stereocenters. The van der Waals surface area contributed by atoms with E-state index in [1.165, 1.54) is 19.3 Å². The first-order chi connectivity index (χ1) is 7.24. The molecule has 4 rings (SSSR count). The molecule has 0 aromatic heterocycles. The Hall–Kier alpha value is -0.790. The van der Waals surface area contributed by atoms with Crippen molar-refractivity contribution >= 4 is 5.97 Å². The zero-order valence-electron chi connectivity index (χ0n) is 8.73. The van der Waals surface area contributed by atoms with E-state index in [0.29, 0.717) is 23.7 Å². The topological polar surface area (TPSA) is 37.3 Å². The standard InChI is InChI=1S/C13H16O2/c14-12(15)13-9-3-1-7(5-9)11(13)8-2-4-10(13)6-8/h1,3,7-11H,2,4-6H2,(H,14,15). The van der Waals surface area contributed by atoms with Crippen molar-refractivity contribution in [3.8, 4) is 0 Å². The van der Waals surface area contributed by atoms with Gasteiger partial charge in [0.25, 0.3) is 0 Å². The van der Waals surface area contributed by atoms with Gasteiger partial charge in [-0.15, -0.1) is 0 Å². The van der Waals surface area contributed by atoms with Crippen molar-refractivity contribution in [2.45, 2.75) is 25.7 Å². The Morgan fingerprint density at radius 2 is 2.13 bits per heavy atom. The van der Waals surface area contributed by atoms with Crippen molar-refractivity contribution in [3.05, 3.63) is 12.2 Å². The summed E-state index contributed by atoms with van der Waals surface area (Å²) in [5.74, 6) is 2.18. The van der Waals surface area contributed by atoms with E-state index in [-0.39, 0.29) is 5.41 Å². The highest BCUT2D eigenvalue weighted by Crippen LogP contribution is 2.72. The van der Waals surface area contributed by atoms with Crippen LogP contribution in [0.2, 0.25) is 0 Å². The molecule has 0 spiro atoms. The normalized spacial score (nSPS) is 58.8. The molecule has 2 heteroatoms. The fourth-order valence-corrected chi connectivity index (χ4v) is 5.52. The van der Waals surface area contributed by atoms with Gasteiger partial charge in [0.05, 0.1) is 5.41 Å². The molecular formula is C13H16O2. The summed E-state index contributed by atoms with van der Waals surface area (Å²) >= 11 is 0. The lowest BCUT2D eigenvalue weighted by Crippen LogP contribution is -2.46. The van der Waals surface area contributed by atoms with E-state index in [2.05, 4.69) is 12.2 Å². The van der Waals surface area contributed by atoms with Crippen molar-refractivity contribution in [3.63, 3.8) is 0 Å². The minimum atomic E-state index is -0.489. The summed E-state index contributed by atoms with van der Waals surface area (Å²) in [7, 11) is 0. The Labute approximate surface area is 89.4 Å². The van der Waals surface area contributed by atoms with Crippen LogP contribution in [0.5, 0.6) is 0 Å². The third-order valence-electron chi connectivity index (χ3n) is 5.77. The second-order valence-electron chi connectivity index (χ2n) is 5.92. The third kappa shape index (κ3) is 0.685. The number of hydrogen-bond donors (Lipinski definition) is 1. The molecule has 80 valence electrons. The molecule has 0 aromatic rings. The SMILES string of the molecule is O=C(O)C12C3C=CC(C3)C1C1CCC2C1. The fraction of sp³-hybridized carbons (Fsp3) is 0.769. The first-order valence-electron chi connectivity index (χ1n) is 6.16. The first-order valence-corrected chi connectivity index (χ1v) is 6.16. The fourth-order valence-electron chi connectivity index (χ4n) is 5.52. The summed E-state index contributed by atoms with van der Waals surface area (Å²) < 4.78 is 0. The molecule has 3 saturated carbocycles. The van der Waals surface area contributed by atoms with Gasteiger partial charge in [-0.3, -0.25) is 4.79 Å². The Kier molecular flexibility index (Phi) is 1.29. The van der Waals surface area contributed by atoms with Crippen LogP contribution in [0, 0.1) is 35.0 Å². The smallest absolute Gasteiger partial charge is 0.310 e. The van der Waals surface area contributed by atoms with Gasteiger partial charge in [-0.05, 0) is 55.3 Å². The Morgan fingerprint density at radius 1 is 1.27 bits per heavy atom. The van der Waals surface area contributed by atoms with Gasteiger partial charge in [-0.25, -0.2) is 0 Å². The van der Waals surface area contributed by atoms with Crippen molar-refractivity contribution in [2.24, 2.45) is 35.0 Å². The molecule has 15 heavy (non-hydrogen) atoms. The minimum Gasteiger partial charge on any atom is -0.481 e. The maximum atomic E-state index is 11.8. The average Bonchev–Trinajstić information content (AvgIpc) is 2.95. The number of allylic oxidation sites excluding steroid dienone is 2. The van der Waals surface area contributed by atoms with Crippen LogP contribution in [-0.2, 0) is 4.79 Å². The molecule has 3 fully saturated rings. The largest absolute Gasteiger partial charge is 0.481 e. The number of carbonyl (C=O) groups is 1. The zero-order chi connectivity index (χ0) is 10.2. The highest BCUT2D eigenvalue weighted by atomic mass is 16.4. The van der Waals surface area contributed by atoms with E-state index in [4.69, 9.17) is 0 Å². The lowest BCUT2D eigenvalue weighted by atomic mass is 9.61. The molecule has 0 aromatic carbocycles. The van der Waals surface area contributed by atoms with Crippen molar-refractivity contribution in [1.29, 1.82) is 0 Å². The monoisotopic (exact) mass is 204 g/mol. The molecule has 6 unspecified atom stereocenters. The van der Waals surface area contributed by atoms with E-state index < -0.39 is 5.97 Å². The Morgan fingerprint density at radius 3 is 2.87 bits per heavy atom. The number of carboxylic acids is 1. The molecule has 4 bridgehead atoms. The molecule has 0 amide bonds. The van der Waals surface area contributed by atoms with Crippen LogP contribution in [-0.4, -0.2) is 11.1 Å². The number of fused-ring (bicyclic) bond motifs is 9.